The van der Waals surface area contributed by atoms with E-state index in [1.807, 2.05) is 6.07 Å². The lowest BCUT2D eigenvalue weighted by molar-refractivity contribution is 0.626. The standard InChI is InChI=1S/C14H10F2N2/c1-18(13-4-2-11(15)3-5-13)14-7-10(9-17)6-12(16)8-14/h2-8H,1H3. The number of hydrogen-bond acceptors (Lipinski definition) is 2. The maximum Gasteiger partial charge on any atom is 0.126 e. The number of benzene rings is 2. The normalized spacial score (nSPS) is 9.89. The van der Waals surface area contributed by atoms with Crippen LogP contribution >= 0.6 is 0 Å². The molecule has 2 rings (SSSR count). The van der Waals surface area contributed by atoms with Crippen LogP contribution in [0.5, 0.6) is 0 Å². The third-order valence-electron chi connectivity index (χ3n) is 2.61. The van der Waals surface area contributed by atoms with E-state index in [1.54, 1.807) is 30.1 Å². The van der Waals surface area contributed by atoms with Gasteiger partial charge in [0.15, 0.2) is 0 Å². The van der Waals surface area contributed by atoms with Crippen molar-refractivity contribution < 1.29 is 8.78 Å². The zero-order chi connectivity index (χ0) is 13.1. The molecular weight excluding hydrogens is 234 g/mol. The summed E-state index contributed by atoms with van der Waals surface area (Å²) in [7, 11) is 1.73. The second-order valence-corrected chi connectivity index (χ2v) is 3.85. The van der Waals surface area contributed by atoms with Gasteiger partial charge in [0, 0.05) is 18.4 Å². The molecule has 90 valence electrons. The highest BCUT2D eigenvalue weighted by Gasteiger charge is 2.07. The van der Waals surface area contributed by atoms with Gasteiger partial charge in [0.2, 0.25) is 0 Å². The van der Waals surface area contributed by atoms with Crippen LogP contribution in [-0.4, -0.2) is 7.05 Å². The molecule has 0 saturated carbocycles. The van der Waals surface area contributed by atoms with Crippen LogP contribution in [0, 0.1) is 23.0 Å². The van der Waals surface area contributed by atoms with Crippen LogP contribution in [0.1, 0.15) is 5.56 Å². The summed E-state index contributed by atoms with van der Waals surface area (Å²) in [6.45, 7) is 0. The average molecular weight is 244 g/mol. The molecule has 0 radical (unpaired) electrons. The lowest BCUT2D eigenvalue weighted by atomic mass is 10.2. The van der Waals surface area contributed by atoms with Gasteiger partial charge in [-0.25, -0.2) is 8.78 Å². The molecule has 0 aliphatic heterocycles. The van der Waals surface area contributed by atoms with Crippen LogP contribution in [0.4, 0.5) is 20.2 Å². The summed E-state index contributed by atoms with van der Waals surface area (Å²) in [6, 6.07) is 11.8. The van der Waals surface area contributed by atoms with E-state index in [2.05, 4.69) is 0 Å². The number of rotatable bonds is 2. The van der Waals surface area contributed by atoms with Crippen molar-refractivity contribution in [1.29, 1.82) is 5.26 Å². The molecule has 0 bridgehead atoms. The van der Waals surface area contributed by atoms with Gasteiger partial charge in [-0.1, -0.05) is 0 Å². The summed E-state index contributed by atoms with van der Waals surface area (Å²) in [5.41, 5.74) is 1.50. The monoisotopic (exact) mass is 244 g/mol. The summed E-state index contributed by atoms with van der Waals surface area (Å²) >= 11 is 0. The molecule has 2 nitrogen and oxygen atoms in total. The van der Waals surface area contributed by atoms with Crippen molar-refractivity contribution in [3.8, 4) is 6.07 Å². The van der Waals surface area contributed by atoms with Gasteiger partial charge in [0.1, 0.15) is 11.6 Å². The fourth-order valence-electron chi connectivity index (χ4n) is 1.65. The predicted octanol–water partition coefficient (Wildman–Crippen LogP) is 3.60. The summed E-state index contributed by atoms with van der Waals surface area (Å²) in [4.78, 5) is 1.68. The molecule has 18 heavy (non-hydrogen) atoms. The van der Waals surface area contributed by atoms with Crippen molar-refractivity contribution in [2.75, 3.05) is 11.9 Å². The molecule has 0 heterocycles. The summed E-state index contributed by atoms with van der Waals surface area (Å²) in [5, 5.41) is 8.79. The van der Waals surface area contributed by atoms with Crippen molar-refractivity contribution >= 4 is 11.4 Å². The van der Waals surface area contributed by atoms with E-state index in [0.717, 1.165) is 0 Å². The molecule has 0 N–H and O–H groups in total. The SMILES string of the molecule is CN(c1ccc(F)cc1)c1cc(F)cc(C#N)c1. The number of nitrogens with zero attached hydrogens (tertiary/aromatic N) is 2. The van der Waals surface area contributed by atoms with Gasteiger partial charge in [0.25, 0.3) is 0 Å². The molecule has 0 aromatic heterocycles. The molecule has 0 fully saturated rings. The van der Waals surface area contributed by atoms with E-state index in [4.69, 9.17) is 5.26 Å². The van der Waals surface area contributed by atoms with Crippen LogP contribution in [0.2, 0.25) is 0 Å². The molecular formula is C14H10F2N2. The molecule has 0 spiro atoms. The van der Waals surface area contributed by atoms with Crippen LogP contribution in [0.3, 0.4) is 0 Å². The smallest absolute Gasteiger partial charge is 0.126 e. The van der Waals surface area contributed by atoms with Crippen LogP contribution in [0.15, 0.2) is 42.5 Å². The third kappa shape index (κ3) is 2.46. The maximum atomic E-state index is 13.3. The topological polar surface area (TPSA) is 27.0 Å². The molecule has 0 atom stereocenters. The minimum atomic E-state index is -0.474. The first-order valence-electron chi connectivity index (χ1n) is 5.30. The van der Waals surface area contributed by atoms with Crippen molar-refractivity contribution in [3.63, 3.8) is 0 Å². The van der Waals surface area contributed by atoms with Gasteiger partial charge in [-0.05, 0) is 42.5 Å². The highest BCUT2D eigenvalue weighted by atomic mass is 19.1. The Kier molecular flexibility index (Phi) is 3.24. The van der Waals surface area contributed by atoms with Crippen molar-refractivity contribution in [1.82, 2.24) is 0 Å². The summed E-state index contributed by atoms with van der Waals surface area (Å²) in [5.74, 6) is -0.804. The van der Waals surface area contributed by atoms with Crippen molar-refractivity contribution in [2.45, 2.75) is 0 Å². The van der Waals surface area contributed by atoms with Crippen LogP contribution < -0.4 is 4.90 Å². The van der Waals surface area contributed by atoms with E-state index in [1.165, 1.54) is 24.3 Å². The summed E-state index contributed by atoms with van der Waals surface area (Å²) in [6.07, 6.45) is 0. The van der Waals surface area contributed by atoms with Crippen molar-refractivity contribution in [2.24, 2.45) is 0 Å². The van der Waals surface area contributed by atoms with Gasteiger partial charge < -0.3 is 4.90 Å². The van der Waals surface area contributed by atoms with E-state index >= 15 is 0 Å². The lowest BCUT2D eigenvalue weighted by Crippen LogP contribution is -2.09. The average Bonchev–Trinajstić information content (AvgIpc) is 2.38. The highest BCUT2D eigenvalue weighted by molar-refractivity contribution is 5.63. The summed E-state index contributed by atoms with van der Waals surface area (Å²) < 4.78 is 26.1. The maximum absolute atomic E-state index is 13.3. The van der Waals surface area contributed by atoms with Gasteiger partial charge in [-0.15, -0.1) is 0 Å². The molecule has 4 heteroatoms. The lowest BCUT2D eigenvalue weighted by Gasteiger charge is -2.19. The molecule has 0 aliphatic rings. The Labute approximate surface area is 104 Å². The number of hydrogen-bond donors (Lipinski definition) is 0. The zero-order valence-corrected chi connectivity index (χ0v) is 9.69. The Morgan fingerprint density at radius 3 is 2.22 bits per heavy atom. The first-order valence-corrected chi connectivity index (χ1v) is 5.30. The second kappa shape index (κ2) is 4.84. The fourth-order valence-corrected chi connectivity index (χ4v) is 1.65. The quantitative estimate of drug-likeness (QED) is 0.807. The van der Waals surface area contributed by atoms with Gasteiger partial charge in [0.05, 0.1) is 11.6 Å². The Bertz CT molecular complexity index is 600. The minimum Gasteiger partial charge on any atom is -0.344 e. The molecule has 2 aromatic rings. The number of halogens is 2. The first kappa shape index (κ1) is 12.1. The minimum absolute atomic E-state index is 0.249. The fraction of sp³-hybridized carbons (Fsp3) is 0.0714. The molecule has 0 aliphatic carbocycles. The molecule has 0 unspecified atom stereocenters. The van der Waals surface area contributed by atoms with Crippen molar-refractivity contribution in [3.05, 3.63) is 59.7 Å². The van der Waals surface area contributed by atoms with Crippen LogP contribution in [0.25, 0.3) is 0 Å². The largest absolute Gasteiger partial charge is 0.344 e. The first-order chi connectivity index (χ1) is 8.60. The van der Waals surface area contributed by atoms with E-state index in [-0.39, 0.29) is 11.4 Å². The van der Waals surface area contributed by atoms with E-state index in [0.29, 0.717) is 11.4 Å². The van der Waals surface area contributed by atoms with Gasteiger partial charge in [-0.3, -0.25) is 0 Å². The Morgan fingerprint density at radius 1 is 0.944 bits per heavy atom. The Hall–Kier alpha value is -2.41. The van der Waals surface area contributed by atoms with Crippen LogP contribution in [-0.2, 0) is 0 Å². The Balaban J connectivity index is 2.39. The zero-order valence-electron chi connectivity index (χ0n) is 9.69. The Morgan fingerprint density at radius 2 is 1.61 bits per heavy atom. The van der Waals surface area contributed by atoms with E-state index in [9.17, 15) is 8.78 Å². The molecule has 0 amide bonds. The number of nitriles is 1. The van der Waals surface area contributed by atoms with E-state index < -0.39 is 5.82 Å². The van der Waals surface area contributed by atoms with Gasteiger partial charge in [-0.2, -0.15) is 5.26 Å². The molecule has 2 aromatic carbocycles. The molecule has 0 saturated heterocycles. The third-order valence-corrected chi connectivity index (χ3v) is 2.61. The van der Waals surface area contributed by atoms with Gasteiger partial charge >= 0.3 is 0 Å². The predicted molar refractivity (Wildman–Crippen MR) is 65.6 cm³/mol. The second-order valence-electron chi connectivity index (χ2n) is 3.85. The number of anilines is 2. The highest BCUT2D eigenvalue weighted by Crippen LogP contribution is 2.25.